The summed E-state index contributed by atoms with van der Waals surface area (Å²) in [7, 11) is 4.08. The van der Waals surface area contributed by atoms with E-state index in [9.17, 15) is 0 Å². The minimum atomic E-state index is 0.308. The van der Waals surface area contributed by atoms with E-state index in [4.69, 9.17) is 5.73 Å². The first-order valence-electron chi connectivity index (χ1n) is 6.40. The maximum absolute atomic E-state index is 5.70. The van der Waals surface area contributed by atoms with Crippen LogP contribution in [0.1, 0.15) is 12.8 Å². The van der Waals surface area contributed by atoms with E-state index in [0.29, 0.717) is 5.95 Å². The van der Waals surface area contributed by atoms with Gasteiger partial charge >= 0.3 is 0 Å². The monoisotopic (exact) mass is 250 g/mol. The lowest BCUT2D eigenvalue weighted by molar-refractivity contribution is 0.425. The van der Waals surface area contributed by atoms with Crippen LogP contribution in [0.5, 0.6) is 0 Å². The predicted octanol–water partition coefficient (Wildman–Crippen LogP) is 0.854. The van der Waals surface area contributed by atoms with Crippen LogP contribution in [-0.4, -0.2) is 48.6 Å². The first kappa shape index (κ1) is 12.9. The standard InChI is InChI=1S/C12H22N6/c1-18(2)6-5-14-10-7-11(17-12(13)16-10)15-8-9-3-4-9/h7,9H,3-6,8H2,1-2H3,(H4,13,14,15,16,17). The molecule has 0 bridgehead atoms. The number of nitrogen functional groups attached to an aromatic ring is 1. The summed E-state index contributed by atoms with van der Waals surface area (Å²) in [4.78, 5) is 10.5. The summed E-state index contributed by atoms with van der Waals surface area (Å²) in [5, 5.41) is 6.55. The van der Waals surface area contributed by atoms with Crippen molar-refractivity contribution in [3.63, 3.8) is 0 Å². The molecule has 4 N–H and O–H groups in total. The summed E-state index contributed by atoms with van der Waals surface area (Å²) in [5.74, 6) is 2.71. The summed E-state index contributed by atoms with van der Waals surface area (Å²) < 4.78 is 0. The number of anilines is 3. The number of nitrogens with two attached hydrogens (primary N) is 1. The van der Waals surface area contributed by atoms with Crippen LogP contribution >= 0.6 is 0 Å². The Labute approximate surface area is 108 Å². The molecular formula is C12H22N6. The van der Waals surface area contributed by atoms with E-state index >= 15 is 0 Å². The zero-order valence-corrected chi connectivity index (χ0v) is 11.1. The highest BCUT2D eigenvalue weighted by Crippen LogP contribution is 2.28. The van der Waals surface area contributed by atoms with E-state index in [1.54, 1.807) is 0 Å². The molecule has 0 aromatic carbocycles. The lowest BCUT2D eigenvalue weighted by Crippen LogP contribution is -2.21. The summed E-state index contributed by atoms with van der Waals surface area (Å²) in [6, 6.07) is 1.91. The highest BCUT2D eigenvalue weighted by atomic mass is 15.1. The normalized spacial score (nSPS) is 14.8. The zero-order valence-electron chi connectivity index (χ0n) is 11.1. The van der Waals surface area contributed by atoms with E-state index in [1.165, 1.54) is 12.8 Å². The summed E-state index contributed by atoms with van der Waals surface area (Å²) in [6.45, 7) is 2.77. The number of aromatic nitrogens is 2. The van der Waals surface area contributed by atoms with Crippen LogP contribution in [0.4, 0.5) is 17.6 Å². The molecule has 6 heteroatoms. The highest BCUT2D eigenvalue weighted by Gasteiger charge is 2.20. The molecule has 1 saturated carbocycles. The van der Waals surface area contributed by atoms with Crippen molar-refractivity contribution in [2.24, 2.45) is 5.92 Å². The summed E-state index contributed by atoms with van der Waals surface area (Å²) >= 11 is 0. The fraction of sp³-hybridized carbons (Fsp3) is 0.667. The van der Waals surface area contributed by atoms with Gasteiger partial charge in [0.1, 0.15) is 11.6 Å². The Morgan fingerprint density at radius 3 is 2.56 bits per heavy atom. The van der Waals surface area contributed by atoms with Gasteiger partial charge in [0.2, 0.25) is 5.95 Å². The van der Waals surface area contributed by atoms with Crippen molar-refractivity contribution >= 4 is 17.6 Å². The molecule has 0 spiro atoms. The summed E-state index contributed by atoms with van der Waals surface area (Å²) in [6.07, 6.45) is 2.64. The second-order valence-electron chi connectivity index (χ2n) is 5.05. The van der Waals surface area contributed by atoms with Crippen LogP contribution in [0.2, 0.25) is 0 Å². The molecule has 1 heterocycles. The van der Waals surface area contributed by atoms with Crippen LogP contribution in [0.3, 0.4) is 0 Å². The van der Waals surface area contributed by atoms with Crippen LogP contribution in [-0.2, 0) is 0 Å². The molecule has 2 rings (SSSR count). The van der Waals surface area contributed by atoms with Gasteiger partial charge in [-0.2, -0.15) is 9.97 Å². The molecule has 1 fully saturated rings. The van der Waals surface area contributed by atoms with Crippen molar-refractivity contribution in [1.82, 2.24) is 14.9 Å². The first-order chi connectivity index (χ1) is 8.63. The molecule has 1 aliphatic carbocycles. The smallest absolute Gasteiger partial charge is 0.223 e. The summed E-state index contributed by atoms with van der Waals surface area (Å²) in [5.41, 5.74) is 5.70. The SMILES string of the molecule is CN(C)CCNc1cc(NCC2CC2)nc(N)n1. The Hall–Kier alpha value is -1.56. The highest BCUT2D eigenvalue weighted by molar-refractivity contribution is 5.51. The third-order valence-corrected chi connectivity index (χ3v) is 2.88. The van der Waals surface area contributed by atoms with Gasteiger partial charge in [-0.05, 0) is 32.9 Å². The van der Waals surface area contributed by atoms with Gasteiger partial charge < -0.3 is 21.3 Å². The molecule has 0 atom stereocenters. The molecule has 0 amide bonds. The van der Waals surface area contributed by atoms with E-state index in [1.807, 2.05) is 20.2 Å². The van der Waals surface area contributed by atoms with Gasteiger partial charge in [-0.3, -0.25) is 0 Å². The Morgan fingerprint density at radius 1 is 1.28 bits per heavy atom. The Bertz CT molecular complexity index is 388. The van der Waals surface area contributed by atoms with E-state index in [2.05, 4.69) is 25.5 Å². The average molecular weight is 250 g/mol. The Morgan fingerprint density at radius 2 is 1.94 bits per heavy atom. The third-order valence-electron chi connectivity index (χ3n) is 2.88. The minimum Gasteiger partial charge on any atom is -0.370 e. The molecule has 100 valence electrons. The quantitative estimate of drug-likeness (QED) is 0.666. The molecule has 0 unspecified atom stereocenters. The van der Waals surface area contributed by atoms with Gasteiger partial charge in [-0.1, -0.05) is 0 Å². The van der Waals surface area contributed by atoms with Crippen molar-refractivity contribution < 1.29 is 0 Å². The average Bonchev–Trinajstić information content (AvgIpc) is 3.09. The molecule has 0 saturated heterocycles. The molecule has 6 nitrogen and oxygen atoms in total. The van der Waals surface area contributed by atoms with Crippen molar-refractivity contribution in [2.75, 3.05) is 50.1 Å². The lowest BCUT2D eigenvalue weighted by Gasteiger charge is -2.12. The number of nitrogens with zero attached hydrogens (tertiary/aromatic N) is 3. The minimum absolute atomic E-state index is 0.308. The van der Waals surface area contributed by atoms with E-state index in [-0.39, 0.29) is 0 Å². The fourth-order valence-electron chi connectivity index (χ4n) is 1.63. The Kier molecular flexibility index (Phi) is 4.19. The van der Waals surface area contributed by atoms with Crippen molar-refractivity contribution in [3.8, 4) is 0 Å². The van der Waals surface area contributed by atoms with E-state index in [0.717, 1.165) is 37.2 Å². The number of nitrogens with one attached hydrogen (secondary N) is 2. The van der Waals surface area contributed by atoms with Crippen LogP contribution in [0.15, 0.2) is 6.07 Å². The van der Waals surface area contributed by atoms with Gasteiger partial charge in [0.15, 0.2) is 0 Å². The molecule has 0 aliphatic heterocycles. The van der Waals surface area contributed by atoms with Crippen LogP contribution in [0.25, 0.3) is 0 Å². The van der Waals surface area contributed by atoms with Gasteiger partial charge in [-0.15, -0.1) is 0 Å². The second-order valence-corrected chi connectivity index (χ2v) is 5.05. The maximum Gasteiger partial charge on any atom is 0.223 e. The lowest BCUT2D eigenvalue weighted by atomic mass is 10.4. The third kappa shape index (κ3) is 4.37. The van der Waals surface area contributed by atoms with Gasteiger partial charge in [0.05, 0.1) is 0 Å². The van der Waals surface area contributed by atoms with Gasteiger partial charge in [0, 0.05) is 25.7 Å². The van der Waals surface area contributed by atoms with Crippen LogP contribution < -0.4 is 16.4 Å². The Balaban J connectivity index is 1.87. The molecular weight excluding hydrogens is 228 g/mol. The maximum atomic E-state index is 5.70. The number of likely N-dealkylation sites (N-methyl/N-ethyl adjacent to an activating group) is 1. The molecule has 18 heavy (non-hydrogen) atoms. The molecule has 0 radical (unpaired) electrons. The zero-order chi connectivity index (χ0) is 13.0. The fourth-order valence-corrected chi connectivity index (χ4v) is 1.63. The number of rotatable bonds is 7. The van der Waals surface area contributed by atoms with E-state index < -0.39 is 0 Å². The largest absolute Gasteiger partial charge is 0.370 e. The number of hydrogen-bond donors (Lipinski definition) is 3. The van der Waals surface area contributed by atoms with Crippen molar-refractivity contribution in [1.29, 1.82) is 0 Å². The molecule has 1 aromatic rings. The predicted molar refractivity (Wildman–Crippen MR) is 74.7 cm³/mol. The number of hydrogen-bond acceptors (Lipinski definition) is 6. The molecule has 1 aromatic heterocycles. The van der Waals surface area contributed by atoms with Crippen molar-refractivity contribution in [3.05, 3.63) is 6.07 Å². The van der Waals surface area contributed by atoms with Gasteiger partial charge in [0.25, 0.3) is 0 Å². The first-order valence-corrected chi connectivity index (χ1v) is 6.40. The van der Waals surface area contributed by atoms with Gasteiger partial charge in [-0.25, -0.2) is 0 Å². The topological polar surface area (TPSA) is 79.1 Å². The molecule has 1 aliphatic rings. The second kappa shape index (κ2) is 5.86. The van der Waals surface area contributed by atoms with Crippen LogP contribution in [0, 0.1) is 5.92 Å². The van der Waals surface area contributed by atoms with Crippen molar-refractivity contribution in [2.45, 2.75) is 12.8 Å².